The molecule has 0 radical (unpaired) electrons. The van der Waals surface area contributed by atoms with Crippen LogP contribution in [0.5, 0.6) is 5.75 Å². The smallest absolute Gasteiger partial charge is 0.459 e. The van der Waals surface area contributed by atoms with Crippen molar-refractivity contribution >= 4 is 30.7 Å². The molecule has 1 saturated heterocycles. The number of carbonyl (C=O) groups excluding carboxylic acids is 1. The van der Waals surface area contributed by atoms with Crippen molar-refractivity contribution in [2.24, 2.45) is 0 Å². The number of esters is 1. The number of aliphatic hydroxyl groups excluding tert-OH is 1. The van der Waals surface area contributed by atoms with Gasteiger partial charge in [-0.3, -0.25) is 13.9 Å². The summed E-state index contributed by atoms with van der Waals surface area (Å²) in [6, 6.07) is 7.28. The number of anilines is 1. The average Bonchev–Trinajstić information content (AvgIpc) is 3.62. The molecule has 2 aliphatic rings. The van der Waals surface area contributed by atoms with E-state index < -0.39 is 56.6 Å². The van der Waals surface area contributed by atoms with Crippen LogP contribution in [0.25, 0.3) is 11.2 Å². The third-order valence-electron chi connectivity index (χ3n) is 6.81. The van der Waals surface area contributed by atoms with Crippen molar-refractivity contribution in [2.75, 3.05) is 11.9 Å². The van der Waals surface area contributed by atoms with Gasteiger partial charge in [-0.05, 0) is 52.7 Å². The lowest BCUT2D eigenvalue weighted by molar-refractivity contribution is -0.149. The van der Waals surface area contributed by atoms with E-state index >= 15 is 4.39 Å². The highest BCUT2D eigenvalue weighted by Gasteiger charge is 2.58. The standard InChI is InChI=1S/C28H34FN6O7P/c1-6-28(29)23(36)21(41-27(28)35-15-30-22-24(33-19-12-13-19)31-18(5)32-25(22)35)14-39-43(38,42-20-10-8-7-9-11-20)34-17(4)26(37)40-16(2)3/h1,7-11,15-17,19,21,23,27,36H,12-14H2,2-5H3,(H,34,38)(H,31,32,33)/t17-,21+,23+,27+,28+,43+/m0/s1. The molecule has 1 saturated carbocycles. The lowest BCUT2D eigenvalue weighted by atomic mass is 9.97. The number of hydrogen-bond acceptors (Lipinski definition) is 11. The number of para-hydroxylation sites is 1. The van der Waals surface area contributed by atoms with Crippen molar-refractivity contribution in [3.63, 3.8) is 0 Å². The van der Waals surface area contributed by atoms with Gasteiger partial charge in [0, 0.05) is 6.04 Å². The Labute approximate surface area is 248 Å². The molecule has 1 aliphatic carbocycles. The third-order valence-corrected chi connectivity index (χ3v) is 8.45. The number of imidazole rings is 1. The van der Waals surface area contributed by atoms with Gasteiger partial charge in [0.15, 0.2) is 23.2 Å². The Hall–Kier alpha value is -3.60. The summed E-state index contributed by atoms with van der Waals surface area (Å²) in [6.45, 7) is 5.84. The summed E-state index contributed by atoms with van der Waals surface area (Å²) in [7, 11) is -4.33. The quantitative estimate of drug-likeness (QED) is 0.155. The molecule has 43 heavy (non-hydrogen) atoms. The molecule has 3 N–H and O–H groups in total. The van der Waals surface area contributed by atoms with E-state index in [2.05, 4.69) is 25.4 Å². The van der Waals surface area contributed by atoms with Crippen LogP contribution in [0, 0.1) is 19.3 Å². The first-order valence-corrected chi connectivity index (χ1v) is 15.4. The number of hydrogen-bond donors (Lipinski definition) is 3. The predicted molar refractivity (Wildman–Crippen MR) is 154 cm³/mol. The Bertz CT molecular complexity index is 1560. The van der Waals surface area contributed by atoms with Crippen LogP contribution in [0.1, 0.15) is 45.7 Å². The topological polar surface area (TPSA) is 159 Å². The second kappa shape index (κ2) is 12.2. The van der Waals surface area contributed by atoms with E-state index in [1.165, 1.54) is 30.0 Å². The summed E-state index contributed by atoms with van der Waals surface area (Å²) in [5, 5.41) is 16.8. The minimum absolute atomic E-state index is 0.174. The van der Waals surface area contributed by atoms with Crippen LogP contribution in [0.2, 0.25) is 0 Å². The Kier molecular flexibility index (Phi) is 8.74. The number of alkyl halides is 1. The van der Waals surface area contributed by atoms with E-state index in [1.807, 2.05) is 5.92 Å². The van der Waals surface area contributed by atoms with Crippen molar-refractivity contribution in [1.82, 2.24) is 24.6 Å². The van der Waals surface area contributed by atoms with E-state index in [0.29, 0.717) is 17.2 Å². The molecule has 230 valence electrons. The van der Waals surface area contributed by atoms with Gasteiger partial charge in [0.25, 0.3) is 0 Å². The lowest BCUT2D eigenvalue weighted by Gasteiger charge is -2.25. The molecule has 5 rings (SSSR count). The average molecular weight is 617 g/mol. The Balaban J connectivity index is 1.39. The van der Waals surface area contributed by atoms with Crippen molar-refractivity contribution < 1.29 is 37.4 Å². The summed E-state index contributed by atoms with van der Waals surface area (Å²) in [5.41, 5.74) is -2.10. The first kappa shape index (κ1) is 30.8. The highest BCUT2D eigenvalue weighted by atomic mass is 31.2. The molecule has 3 aromatic rings. The molecule has 1 aliphatic heterocycles. The number of halogens is 1. The number of rotatable bonds is 12. The molecule has 2 fully saturated rings. The highest BCUT2D eigenvalue weighted by molar-refractivity contribution is 7.52. The largest absolute Gasteiger partial charge is 0.462 e. The van der Waals surface area contributed by atoms with Gasteiger partial charge in [0.1, 0.15) is 29.8 Å². The van der Waals surface area contributed by atoms with Crippen LogP contribution in [-0.4, -0.2) is 73.3 Å². The maximum Gasteiger partial charge on any atom is 0.459 e. The van der Waals surface area contributed by atoms with Gasteiger partial charge >= 0.3 is 13.7 Å². The van der Waals surface area contributed by atoms with Crippen molar-refractivity contribution in [2.45, 2.75) is 82.8 Å². The maximum absolute atomic E-state index is 16.3. The molecule has 6 atom stereocenters. The summed E-state index contributed by atoms with van der Waals surface area (Å²) >= 11 is 0. The van der Waals surface area contributed by atoms with Crippen LogP contribution in [0.3, 0.4) is 0 Å². The molecule has 2 aromatic heterocycles. The van der Waals surface area contributed by atoms with E-state index in [-0.39, 0.29) is 17.4 Å². The molecule has 0 spiro atoms. The molecule has 1 aromatic carbocycles. The summed E-state index contributed by atoms with van der Waals surface area (Å²) in [6.07, 6.45) is 3.63. The number of nitrogens with zero attached hydrogens (tertiary/aromatic N) is 4. The van der Waals surface area contributed by atoms with Crippen molar-refractivity contribution in [3.05, 3.63) is 42.5 Å². The van der Waals surface area contributed by atoms with Gasteiger partial charge < -0.3 is 24.4 Å². The lowest BCUT2D eigenvalue weighted by Crippen LogP contribution is -2.42. The Morgan fingerprint density at radius 3 is 2.67 bits per heavy atom. The number of ether oxygens (including phenoxy) is 2. The van der Waals surface area contributed by atoms with Crippen LogP contribution < -0.4 is 14.9 Å². The number of fused-ring (bicyclic) bond motifs is 1. The fourth-order valence-electron chi connectivity index (χ4n) is 4.54. The number of aryl methyl sites for hydroxylation is 1. The van der Waals surface area contributed by atoms with E-state index in [1.54, 1.807) is 39.0 Å². The van der Waals surface area contributed by atoms with Crippen LogP contribution in [0.4, 0.5) is 10.2 Å². The minimum atomic E-state index is -4.33. The Morgan fingerprint density at radius 2 is 2.02 bits per heavy atom. The SMILES string of the molecule is C#C[C@@]1(F)[C@H](O)[C@@H](CO[P@](=O)(N[C@@H](C)C(=O)OC(C)C)Oc2ccccc2)O[C@H]1n1cnc2c(NC3CC3)nc(C)nc21. The molecule has 0 bridgehead atoms. The second-order valence-electron chi connectivity index (χ2n) is 10.8. The van der Waals surface area contributed by atoms with E-state index in [4.69, 9.17) is 24.9 Å². The number of aromatic nitrogens is 4. The molecule has 3 heterocycles. The molecule has 0 unspecified atom stereocenters. The van der Waals surface area contributed by atoms with E-state index in [9.17, 15) is 14.5 Å². The number of aliphatic hydroxyl groups is 1. The van der Waals surface area contributed by atoms with Crippen LogP contribution in [0.15, 0.2) is 36.7 Å². The normalized spacial score (nSPS) is 25.7. The van der Waals surface area contributed by atoms with Crippen LogP contribution in [-0.2, 0) is 23.4 Å². The summed E-state index contributed by atoms with van der Waals surface area (Å²) in [5.74, 6) is 2.41. The number of benzene rings is 1. The zero-order valence-electron chi connectivity index (χ0n) is 24.1. The maximum atomic E-state index is 16.3. The second-order valence-corrected chi connectivity index (χ2v) is 12.5. The van der Waals surface area contributed by atoms with Crippen molar-refractivity contribution in [1.29, 1.82) is 0 Å². The first-order chi connectivity index (χ1) is 20.4. The molecular weight excluding hydrogens is 582 g/mol. The van der Waals surface area contributed by atoms with Gasteiger partial charge in [-0.15, -0.1) is 6.42 Å². The predicted octanol–water partition coefficient (Wildman–Crippen LogP) is 3.44. The van der Waals surface area contributed by atoms with E-state index in [0.717, 1.165) is 12.8 Å². The first-order valence-electron chi connectivity index (χ1n) is 13.9. The highest BCUT2D eigenvalue weighted by Crippen LogP contribution is 2.48. The van der Waals surface area contributed by atoms with Gasteiger partial charge in [-0.25, -0.2) is 23.9 Å². The van der Waals surface area contributed by atoms with Gasteiger partial charge in [0.2, 0.25) is 5.67 Å². The van der Waals surface area contributed by atoms with Gasteiger partial charge in [0.05, 0.1) is 19.0 Å². The third kappa shape index (κ3) is 6.66. The number of terminal acetylenes is 1. The molecular formula is C28H34FN6O7P. The molecule has 13 nitrogen and oxygen atoms in total. The number of nitrogens with one attached hydrogen (secondary N) is 2. The fraction of sp³-hybridized carbons (Fsp3) is 0.500. The van der Waals surface area contributed by atoms with Gasteiger partial charge in [-0.1, -0.05) is 24.1 Å². The van der Waals surface area contributed by atoms with Crippen molar-refractivity contribution in [3.8, 4) is 18.1 Å². The monoisotopic (exact) mass is 616 g/mol. The molecule has 15 heteroatoms. The summed E-state index contributed by atoms with van der Waals surface area (Å²) < 4.78 is 53.8. The van der Waals surface area contributed by atoms with Gasteiger partial charge in [-0.2, -0.15) is 5.09 Å². The molecule has 0 amide bonds. The Morgan fingerprint density at radius 1 is 1.30 bits per heavy atom. The summed E-state index contributed by atoms with van der Waals surface area (Å²) in [4.78, 5) is 25.6. The van der Waals surface area contributed by atoms with Crippen LogP contribution >= 0.6 is 7.75 Å². The fourth-order valence-corrected chi connectivity index (χ4v) is 6.04. The number of carbonyl (C=O) groups is 1. The minimum Gasteiger partial charge on any atom is -0.462 e. The zero-order chi connectivity index (χ0) is 30.9. The zero-order valence-corrected chi connectivity index (χ0v) is 25.0.